The molecular formula is C11H21BO2. The molecule has 0 aliphatic carbocycles. The molecule has 14 heavy (non-hydrogen) atoms. The molecule has 0 heterocycles. The molecule has 0 saturated carbocycles. The average molecular weight is 196 g/mol. The predicted molar refractivity (Wildman–Crippen MR) is 60.8 cm³/mol. The molecule has 3 unspecified atom stereocenters. The van der Waals surface area contributed by atoms with Crippen LogP contribution in [0.5, 0.6) is 0 Å². The van der Waals surface area contributed by atoms with E-state index in [-0.39, 0.29) is 17.3 Å². The topological polar surface area (TPSA) is 18.5 Å². The summed E-state index contributed by atoms with van der Waals surface area (Å²) >= 11 is 0. The quantitative estimate of drug-likeness (QED) is 0.459. The van der Waals surface area contributed by atoms with Crippen molar-refractivity contribution in [2.45, 2.75) is 31.7 Å². The highest BCUT2D eigenvalue weighted by atomic mass is 16.5. The maximum absolute atomic E-state index is 5.91. The summed E-state index contributed by atoms with van der Waals surface area (Å²) in [7, 11) is 9.28. The summed E-state index contributed by atoms with van der Waals surface area (Å²) in [5, 5.41) is 0. The minimum Gasteiger partial charge on any atom is -0.382 e. The van der Waals surface area contributed by atoms with Gasteiger partial charge in [-0.1, -0.05) is 25.7 Å². The smallest absolute Gasteiger partial charge is 0.0965 e. The van der Waals surface area contributed by atoms with E-state index in [1.807, 2.05) is 13.0 Å². The fraction of sp³-hybridized carbons (Fsp3) is 0.818. The van der Waals surface area contributed by atoms with Crippen LogP contribution in [0.2, 0.25) is 5.82 Å². The third kappa shape index (κ3) is 2.86. The van der Waals surface area contributed by atoms with Crippen molar-refractivity contribution < 1.29 is 9.47 Å². The van der Waals surface area contributed by atoms with Crippen molar-refractivity contribution in [3.63, 3.8) is 0 Å². The minimum atomic E-state index is -0.343. The van der Waals surface area contributed by atoms with E-state index in [0.29, 0.717) is 6.61 Å². The van der Waals surface area contributed by atoms with Crippen LogP contribution < -0.4 is 0 Å². The predicted octanol–water partition coefficient (Wildman–Crippen LogP) is 2.21. The Balaban J connectivity index is 4.81. The first-order valence-electron chi connectivity index (χ1n) is 5.00. The molecule has 0 amide bonds. The summed E-state index contributed by atoms with van der Waals surface area (Å²) in [6.45, 7) is 8.39. The molecule has 0 fully saturated rings. The van der Waals surface area contributed by atoms with Crippen molar-refractivity contribution in [1.82, 2.24) is 0 Å². The summed E-state index contributed by atoms with van der Waals surface area (Å²) in [5.74, 6) is 0.125. The van der Waals surface area contributed by atoms with Crippen molar-refractivity contribution in [2.75, 3.05) is 20.8 Å². The molecule has 0 bridgehead atoms. The molecule has 3 atom stereocenters. The molecule has 0 aromatic heterocycles. The highest BCUT2D eigenvalue weighted by Gasteiger charge is 2.37. The minimum absolute atomic E-state index is 0.0162. The molecule has 3 heteroatoms. The van der Waals surface area contributed by atoms with Gasteiger partial charge >= 0.3 is 0 Å². The lowest BCUT2D eigenvalue weighted by atomic mass is 9.69. The molecule has 2 nitrogen and oxygen atoms in total. The molecule has 0 aromatic carbocycles. The second-order valence-corrected chi connectivity index (χ2v) is 3.68. The SMILES string of the molecule is [B]C(C)C(C=C)C(CC)(COC)OC. The Hall–Kier alpha value is -0.275. The zero-order chi connectivity index (χ0) is 11.2. The second kappa shape index (κ2) is 6.25. The molecule has 0 spiro atoms. The maximum atomic E-state index is 5.91. The van der Waals surface area contributed by atoms with E-state index in [2.05, 4.69) is 13.5 Å². The first-order chi connectivity index (χ1) is 6.57. The van der Waals surface area contributed by atoms with Gasteiger partial charge in [0.1, 0.15) is 0 Å². The lowest BCUT2D eigenvalue weighted by molar-refractivity contribution is -0.0938. The van der Waals surface area contributed by atoms with Crippen LogP contribution in [0.4, 0.5) is 0 Å². The Morgan fingerprint density at radius 2 is 2.07 bits per heavy atom. The fourth-order valence-electron chi connectivity index (χ4n) is 1.93. The molecule has 0 aliphatic heterocycles. The Morgan fingerprint density at radius 3 is 2.29 bits per heavy atom. The van der Waals surface area contributed by atoms with Crippen LogP contribution >= 0.6 is 0 Å². The van der Waals surface area contributed by atoms with Crippen LogP contribution in [0.3, 0.4) is 0 Å². The number of rotatable bonds is 7. The van der Waals surface area contributed by atoms with Gasteiger partial charge in [-0.3, -0.25) is 0 Å². The lowest BCUT2D eigenvalue weighted by Crippen LogP contribution is -2.44. The molecule has 80 valence electrons. The Morgan fingerprint density at radius 1 is 1.50 bits per heavy atom. The number of hydrogen-bond acceptors (Lipinski definition) is 2. The standard InChI is InChI=1S/C11H21BO2/c1-6-10(9(3)12)11(7-2,14-5)8-13-4/h6,9-10H,1,7-8H2,2-5H3. The van der Waals surface area contributed by atoms with Gasteiger partial charge in [0, 0.05) is 20.1 Å². The van der Waals surface area contributed by atoms with Gasteiger partial charge in [-0.25, -0.2) is 0 Å². The van der Waals surface area contributed by atoms with Crippen LogP contribution in [0, 0.1) is 5.92 Å². The van der Waals surface area contributed by atoms with Gasteiger partial charge in [0.2, 0.25) is 0 Å². The second-order valence-electron chi connectivity index (χ2n) is 3.68. The van der Waals surface area contributed by atoms with Gasteiger partial charge in [0.05, 0.1) is 20.1 Å². The maximum Gasteiger partial charge on any atom is 0.0965 e. The monoisotopic (exact) mass is 196 g/mol. The van der Waals surface area contributed by atoms with Gasteiger partial charge in [0.15, 0.2) is 0 Å². The van der Waals surface area contributed by atoms with E-state index in [4.69, 9.17) is 17.3 Å². The van der Waals surface area contributed by atoms with E-state index in [1.165, 1.54) is 0 Å². The molecule has 0 saturated heterocycles. The zero-order valence-corrected chi connectivity index (χ0v) is 9.75. The summed E-state index contributed by atoms with van der Waals surface area (Å²) in [6, 6.07) is 0. The van der Waals surface area contributed by atoms with E-state index >= 15 is 0 Å². The molecular weight excluding hydrogens is 175 g/mol. The Kier molecular flexibility index (Phi) is 6.13. The van der Waals surface area contributed by atoms with Gasteiger partial charge in [0.25, 0.3) is 0 Å². The van der Waals surface area contributed by atoms with Gasteiger partial charge in [-0.2, -0.15) is 0 Å². The summed E-state index contributed by atoms with van der Waals surface area (Å²) in [6.07, 6.45) is 2.71. The van der Waals surface area contributed by atoms with E-state index in [1.54, 1.807) is 14.2 Å². The summed E-state index contributed by atoms with van der Waals surface area (Å²) < 4.78 is 10.8. The normalized spacial score (nSPS) is 19.7. The van der Waals surface area contributed by atoms with Gasteiger partial charge < -0.3 is 9.47 Å². The number of hydrogen-bond donors (Lipinski definition) is 0. The summed E-state index contributed by atoms with van der Waals surface area (Å²) in [4.78, 5) is 0. The Bertz CT molecular complexity index is 165. The van der Waals surface area contributed by atoms with Crippen molar-refractivity contribution in [3.05, 3.63) is 12.7 Å². The third-order valence-electron chi connectivity index (χ3n) is 2.82. The molecule has 0 rings (SSSR count). The van der Waals surface area contributed by atoms with E-state index in [9.17, 15) is 0 Å². The molecule has 2 radical (unpaired) electrons. The van der Waals surface area contributed by atoms with Crippen LogP contribution in [-0.4, -0.2) is 34.3 Å². The van der Waals surface area contributed by atoms with Crippen molar-refractivity contribution in [1.29, 1.82) is 0 Å². The van der Waals surface area contributed by atoms with Crippen LogP contribution in [-0.2, 0) is 9.47 Å². The Labute approximate surface area is 89.1 Å². The van der Waals surface area contributed by atoms with Gasteiger partial charge in [-0.15, -0.1) is 6.58 Å². The largest absolute Gasteiger partial charge is 0.382 e. The molecule has 0 aromatic rings. The lowest BCUT2D eigenvalue weighted by Gasteiger charge is -2.39. The fourth-order valence-corrected chi connectivity index (χ4v) is 1.93. The summed E-state index contributed by atoms with van der Waals surface area (Å²) in [5.41, 5.74) is -0.343. The van der Waals surface area contributed by atoms with Crippen molar-refractivity contribution in [2.24, 2.45) is 5.92 Å². The van der Waals surface area contributed by atoms with Crippen LogP contribution in [0.15, 0.2) is 12.7 Å². The van der Waals surface area contributed by atoms with Crippen LogP contribution in [0.25, 0.3) is 0 Å². The zero-order valence-electron chi connectivity index (χ0n) is 9.75. The van der Waals surface area contributed by atoms with Gasteiger partial charge in [-0.05, 0) is 6.42 Å². The van der Waals surface area contributed by atoms with E-state index < -0.39 is 0 Å². The third-order valence-corrected chi connectivity index (χ3v) is 2.82. The van der Waals surface area contributed by atoms with E-state index in [0.717, 1.165) is 6.42 Å². The van der Waals surface area contributed by atoms with Crippen molar-refractivity contribution in [3.8, 4) is 0 Å². The average Bonchev–Trinajstić information content (AvgIpc) is 2.17. The van der Waals surface area contributed by atoms with Crippen LogP contribution in [0.1, 0.15) is 20.3 Å². The highest BCUT2D eigenvalue weighted by Crippen LogP contribution is 2.34. The first-order valence-corrected chi connectivity index (χ1v) is 5.00. The number of methoxy groups -OCH3 is 2. The van der Waals surface area contributed by atoms with Crippen molar-refractivity contribution >= 4 is 7.85 Å². The molecule has 0 aliphatic rings. The first kappa shape index (κ1) is 13.7. The number of ether oxygens (including phenoxy) is 2. The molecule has 0 N–H and O–H groups in total. The highest BCUT2D eigenvalue weighted by molar-refractivity contribution is 6.11.